The summed E-state index contributed by atoms with van der Waals surface area (Å²) in [4.78, 5) is 24.4. The highest BCUT2D eigenvalue weighted by Gasteiger charge is 2.29. The second-order valence-corrected chi connectivity index (χ2v) is 4.86. The number of amides is 1. The lowest BCUT2D eigenvalue weighted by Gasteiger charge is -2.15. The Balaban J connectivity index is 1.97. The van der Waals surface area contributed by atoms with E-state index in [0.29, 0.717) is 11.8 Å². The number of carbonyl (C=O) groups is 2. The first-order valence-electron chi connectivity index (χ1n) is 5.88. The van der Waals surface area contributed by atoms with Crippen molar-refractivity contribution in [3.63, 3.8) is 0 Å². The Kier molecular flexibility index (Phi) is 3.31. The van der Waals surface area contributed by atoms with Crippen LogP contribution < -0.4 is 0 Å². The monoisotopic (exact) mass is 252 g/mol. The second kappa shape index (κ2) is 4.75. The summed E-state index contributed by atoms with van der Waals surface area (Å²) in [6, 6.07) is 0. The number of carboxylic acid groups (broad SMARTS) is 1. The molecule has 0 saturated carbocycles. The van der Waals surface area contributed by atoms with E-state index in [-0.39, 0.29) is 18.1 Å². The number of rotatable bonds is 3. The van der Waals surface area contributed by atoms with Crippen LogP contribution in [0.3, 0.4) is 0 Å². The van der Waals surface area contributed by atoms with Crippen LogP contribution in [0.1, 0.15) is 24.3 Å². The van der Waals surface area contributed by atoms with Gasteiger partial charge in [0.25, 0.3) is 0 Å². The van der Waals surface area contributed by atoms with Crippen LogP contribution in [0.25, 0.3) is 0 Å². The topological polar surface area (TPSA) is 88.3 Å². The fraction of sp³-hybridized carbons (Fsp3) is 0.636. The van der Waals surface area contributed by atoms with E-state index in [4.69, 9.17) is 5.11 Å². The maximum Gasteiger partial charge on any atom is 0.358 e. The molecule has 1 N–H and O–H groups in total. The number of hydrogen-bond donors (Lipinski definition) is 1. The molecule has 2 atom stereocenters. The lowest BCUT2D eigenvalue weighted by atomic mass is 10.0. The average Bonchev–Trinajstić information content (AvgIpc) is 2.87. The Hall–Kier alpha value is -1.92. The van der Waals surface area contributed by atoms with Crippen molar-refractivity contribution in [3.05, 3.63) is 11.9 Å². The van der Waals surface area contributed by atoms with Crippen LogP contribution in [0.15, 0.2) is 6.20 Å². The van der Waals surface area contributed by atoms with E-state index < -0.39 is 5.97 Å². The second-order valence-electron chi connectivity index (χ2n) is 4.86. The quantitative estimate of drug-likeness (QED) is 0.823. The lowest BCUT2D eigenvalue weighted by molar-refractivity contribution is -0.131. The van der Waals surface area contributed by atoms with Gasteiger partial charge < -0.3 is 10.0 Å². The van der Waals surface area contributed by atoms with Gasteiger partial charge in [0.1, 0.15) is 6.54 Å². The molecule has 1 saturated heterocycles. The van der Waals surface area contributed by atoms with Gasteiger partial charge in [0, 0.05) is 13.1 Å². The maximum absolute atomic E-state index is 12.0. The smallest absolute Gasteiger partial charge is 0.358 e. The van der Waals surface area contributed by atoms with Crippen LogP contribution in [0.2, 0.25) is 0 Å². The van der Waals surface area contributed by atoms with E-state index in [1.807, 2.05) is 0 Å². The zero-order chi connectivity index (χ0) is 13.3. The van der Waals surface area contributed by atoms with Crippen LogP contribution >= 0.6 is 0 Å². The molecule has 7 heteroatoms. The number of hydrogen-bond acceptors (Lipinski definition) is 4. The normalized spacial score (nSPS) is 23.3. The minimum atomic E-state index is -1.14. The minimum absolute atomic E-state index is 0.0414. The zero-order valence-electron chi connectivity index (χ0n) is 10.4. The SMILES string of the molecule is CC1CN(C(=O)Cn2cc(C(=O)O)nn2)CC1C. The molecule has 0 bridgehead atoms. The molecule has 1 fully saturated rings. The summed E-state index contributed by atoms with van der Waals surface area (Å²) in [5.41, 5.74) is -0.147. The standard InChI is InChI=1S/C11H16N4O3/c1-7-3-14(4-8(7)2)10(16)6-15-5-9(11(17)18)12-13-15/h5,7-8H,3-4,6H2,1-2H3,(H,17,18). The number of carboxylic acids is 1. The van der Waals surface area contributed by atoms with Crippen LogP contribution in [-0.4, -0.2) is 50.0 Å². The molecule has 0 aliphatic carbocycles. The summed E-state index contributed by atoms with van der Waals surface area (Å²) in [6.45, 7) is 5.78. The molecule has 0 spiro atoms. The van der Waals surface area contributed by atoms with Crippen molar-refractivity contribution in [3.8, 4) is 0 Å². The van der Waals surface area contributed by atoms with E-state index in [1.54, 1.807) is 4.90 Å². The van der Waals surface area contributed by atoms with Crippen molar-refractivity contribution in [2.75, 3.05) is 13.1 Å². The van der Waals surface area contributed by atoms with Crippen LogP contribution in [-0.2, 0) is 11.3 Å². The number of aromatic nitrogens is 3. The van der Waals surface area contributed by atoms with E-state index >= 15 is 0 Å². The largest absolute Gasteiger partial charge is 0.476 e. The Morgan fingerprint density at radius 1 is 1.39 bits per heavy atom. The molecule has 1 aliphatic heterocycles. The van der Waals surface area contributed by atoms with Crippen molar-refractivity contribution < 1.29 is 14.7 Å². The maximum atomic E-state index is 12.0. The van der Waals surface area contributed by atoms with E-state index in [9.17, 15) is 9.59 Å². The number of nitrogens with zero attached hydrogens (tertiary/aromatic N) is 4. The highest BCUT2D eigenvalue weighted by Crippen LogP contribution is 2.22. The van der Waals surface area contributed by atoms with Crippen LogP contribution in [0.4, 0.5) is 0 Å². The molecule has 2 rings (SSSR count). The van der Waals surface area contributed by atoms with Gasteiger partial charge >= 0.3 is 5.97 Å². The van der Waals surface area contributed by atoms with Gasteiger partial charge in [-0.3, -0.25) is 4.79 Å². The van der Waals surface area contributed by atoms with Gasteiger partial charge in [-0.05, 0) is 11.8 Å². The molecule has 1 aliphatic rings. The van der Waals surface area contributed by atoms with Crippen molar-refractivity contribution in [1.82, 2.24) is 19.9 Å². The Morgan fingerprint density at radius 2 is 2.00 bits per heavy atom. The van der Waals surface area contributed by atoms with Crippen LogP contribution in [0, 0.1) is 11.8 Å². The van der Waals surface area contributed by atoms with Crippen molar-refractivity contribution in [2.45, 2.75) is 20.4 Å². The fourth-order valence-electron chi connectivity index (χ4n) is 2.05. The summed E-state index contributed by atoms with van der Waals surface area (Å²) >= 11 is 0. The van der Waals surface area contributed by atoms with E-state index in [1.165, 1.54) is 10.9 Å². The molecular weight excluding hydrogens is 236 g/mol. The van der Waals surface area contributed by atoms with Gasteiger partial charge in [-0.25, -0.2) is 9.48 Å². The highest BCUT2D eigenvalue weighted by molar-refractivity contribution is 5.84. The Labute approximate surface area is 104 Å². The third-order valence-corrected chi connectivity index (χ3v) is 3.40. The molecule has 18 heavy (non-hydrogen) atoms. The molecule has 7 nitrogen and oxygen atoms in total. The summed E-state index contributed by atoms with van der Waals surface area (Å²) in [5, 5.41) is 15.8. The third-order valence-electron chi connectivity index (χ3n) is 3.40. The van der Waals surface area contributed by atoms with Crippen molar-refractivity contribution >= 4 is 11.9 Å². The molecule has 2 unspecified atom stereocenters. The van der Waals surface area contributed by atoms with Gasteiger partial charge in [-0.15, -0.1) is 5.10 Å². The number of aromatic carboxylic acids is 1. The van der Waals surface area contributed by atoms with Crippen LogP contribution in [0.5, 0.6) is 0 Å². The first-order chi connectivity index (χ1) is 8.47. The van der Waals surface area contributed by atoms with Gasteiger partial charge in [0.05, 0.1) is 6.20 Å². The van der Waals surface area contributed by atoms with E-state index in [0.717, 1.165) is 13.1 Å². The predicted molar refractivity (Wildman–Crippen MR) is 61.9 cm³/mol. The number of likely N-dealkylation sites (tertiary alicyclic amines) is 1. The summed E-state index contributed by atoms with van der Waals surface area (Å²) in [5.74, 6) is -0.191. The molecule has 2 heterocycles. The zero-order valence-corrected chi connectivity index (χ0v) is 10.4. The molecular formula is C11H16N4O3. The minimum Gasteiger partial charge on any atom is -0.476 e. The Morgan fingerprint density at radius 3 is 2.50 bits per heavy atom. The van der Waals surface area contributed by atoms with Gasteiger partial charge in [-0.2, -0.15) is 0 Å². The average molecular weight is 252 g/mol. The molecule has 1 aromatic rings. The van der Waals surface area contributed by atoms with Gasteiger partial charge in [0.2, 0.25) is 5.91 Å². The summed E-state index contributed by atoms with van der Waals surface area (Å²) < 4.78 is 1.26. The fourth-order valence-corrected chi connectivity index (χ4v) is 2.05. The van der Waals surface area contributed by atoms with Crippen molar-refractivity contribution in [2.24, 2.45) is 11.8 Å². The molecule has 0 radical (unpaired) electrons. The summed E-state index contributed by atoms with van der Waals surface area (Å²) in [7, 11) is 0. The summed E-state index contributed by atoms with van der Waals surface area (Å²) in [6.07, 6.45) is 1.27. The molecule has 1 aromatic heterocycles. The molecule has 0 aromatic carbocycles. The predicted octanol–water partition coefficient (Wildman–Crippen LogP) is 0.0907. The Bertz CT molecular complexity index is 461. The molecule has 1 amide bonds. The molecule has 98 valence electrons. The lowest BCUT2D eigenvalue weighted by Crippen LogP contribution is -2.32. The highest BCUT2D eigenvalue weighted by atomic mass is 16.4. The van der Waals surface area contributed by atoms with Gasteiger partial charge in [0.15, 0.2) is 5.69 Å². The first-order valence-corrected chi connectivity index (χ1v) is 5.88. The number of carbonyl (C=O) groups excluding carboxylic acids is 1. The first kappa shape index (κ1) is 12.5. The van der Waals surface area contributed by atoms with Crippen molar-refractivity contribution in [1.29, 1.82) is 0 Å². The van der Waals surface area contributed by atoms with Gasteiger partial charge in [-0.1, -0.05) is 19.1 Å². The third kappa shape index (κ3) is 2.49. The van der Waals surface area contributed by atoms with E-state index in [2.05, 4.69) is 24.2 Å².